The van der Waals surface area contributed by atoms with Gasteiger partial charge in [-0.25, -0.2) is 5.01 Å². The summed E-state index contributed by atoms with van der Waals surface area (Å²) < 4.78 is 0. The van der Waals surface area contributed by atoms with Crippen molar-refractivity contribution in [3.05, 3.63) is 0 Å². The van der Waals surface area contributed by atoms with Gasteiger partial charge in [0.05, 0.1) is 6.04 Å². The Labute approximate surface area is 73.1 Å². The Morgan fingerprint density at radius 2 is 2.17 bits per heavy atom. The van der Waals surface area contributed by atoms with E-state index in [1.165, 1.54) is 25.7 Å². The molecule has 0 aromatic rings. The predicted molar refractivity (Wildman–Crippen MR) is 46.5 cm³/mol. The SMILES string of the molecule is O=CC1C2CCCNN1CCC2. The van der Waals surface area contributed by atoms with Crippen LogP contribution in [0.3, 0.4) is 0 Å². The highest BCUT2D eigenvalue weighted by Crippen LogP contribution is 2.26. The largest absolute Gasteiger partial charge is 0.302 e. The number of rotatable bonds is 1. The molecule has 2 bridgehead atoms. The van der Waals surface area contributed by atoms with Gasteiger partial charge in [0, 0.05) is 13.1 Å². The Balaban J connectivity index is 2.11. The molecule has 0 aliphatic carbocycles. The Bertz CT molecular complexity index is 158. The van der Waals surface area contributed by atoms with Crippen LogP contribution in [-0.2, 0) is 4.79 Å². The fraction of sp³-hybridized carbons (Fsp3) is 0.889. The molecule has 0 aromatic carbocycles. The van der Waals surface area contributed by atoms with Crippen LogP contribution in [-0.4, -0.2) is 30.4 Å². The second-order valence-electron chi connectivity index (χ2n) is 3.77. The van der Waals surface area contributed by atoms with Crippen molar-refractivity contribution in [2.75, 3.05) is 13.1 Å². The molecule has 0 radical (unpaired) electrons. The van der Waals surface area contributed by atoms with Crippen molar-refractivity contribution in [1.82, 2.24) is 10.4 Å². The van der Waals surface area contributed by atoms with Gasteiger partial charge in [0.2, 0.25) is 0 Å². The van der Waals surface area contributed by atoms with Crippen LogP contribution in [0, 0.1) is 5.92 Å². The number of nitrogens with zero attached hydrogens (tertiary/aromatic N) is 1. The molecule has 1 N–H and O–H groups in total. The van der Waals surface area contributed by atoms with Crippen LogP contribution in [0.25, 0.3) is 0 Å². The highest BCUT2D eigenvalue weighted by molar-refractivity contribution is 5.58. The fourth-order valence-electron chi connectivity index (χ4n) is 2.37. The summed E-state index contributed by atoms with van der Waals surface area (Å²) in [4.78, 5) is 10.8. The molecule has 2 aliphatic rings. The molecule has 0 aromatic heterocycles. The van der Waals surface area contributed by atoms with Gasteiger partial charge < -0.3 is 4.79 Å². The van der Waals surface area contributed by atoms with Gasteiger partial charge in [-0.15, -0.1) is 0 Å². The first kappa shape index (κ1) is 8.20. The highest BCUT2D eigenvalue weighted by atomic mass is 16.1. The van der Waals surface area contributed by atoms with E-state index >= 15 is 0 Å². The maximum atomic E-state index is 10.8. The second kappa shape index (κ2) is 3.54. The van der Waals surface area contributed by atoms with Gasteiger partial charge in [0.25, 0.3) is 0 Å². The number of fused-ring (bicyclic) bond motifs is 2. The van der Waals surface area contributed by atoms with Crippen molar-refractivity contribution in [3.8, 4) is 0 Å². The maximum absolute atomic E-state index is 10.8. The molecular weight excluding hydrogens is 152 g/mol. The molecule has 2 heterocycles. The number of carbonyl (C=O) groups excluding carboxylic acids is 1. The fourth-order valence-corrected chi connectivity index (χ4v) is 2.37. The van der Waals surface area contributed by atoms with E-state index in [0.29, 0.717) is 5.92 Å². The molecule has 0 saturated carbocycles. The standard InChI is InChI=1S/C9H16N2O/c12-7-9-8-3-1-5-10-11(9)6-2-4-8/h7-10H,1-6H2. The van der Waals surface area contributed by atoms with Gasteiger partial charge in [-0.2, -0.15) is 0 Å². The first-order valence-electron chi connectivity index (χ1n) is 4.87. The highest BCUT2D eigenvalue weighted by Gasteiger charge is 2.32. The first-order chi connectivity index (χ1) is 5.92. The van der Waals surface area contributed by atoms with Crippen molar-refractivity contribution < 1.29 is 4.79 Å². The van der Waals surface area contributed by atoms with Crippen LogP contribution >= 0.6 is 0 Å². The summed E-state index contributed by atoms with van der Waals surface area (Å²) in [6, 6.07) is 0.154. The molecule has 0 spiro atoms. The number of aldehydes is 1. The molecule has 3 nitrogen and oxygen atoms in total. The van der Waals surface area contributed by atoms with Crippen LogP contribution in [0.5, 0.6) is 0 Å². The molecule has 0 amide bonds. The maximum Gasteiger partial charge on any atom is 0.138 e. The van der Waals surface area contributed by atoms with E-state index in [4.69, 9.17) is 0 Å². The van der Waals surface area contributed by atoms with Gasteiger partial charge in [0.15, 0.2) is 0 Å². The van der Waals surface area contributed by atoms with Crippen LogP contribution in [0.1, 0.15) is 25.7 Å². The molecule has 2 saturated heterocycles. The van der Waals surface area contributed by atoms with Gasteiger partial charge in [0.1, 0.15) is 6.29 Å². The third-order valence-corrected chi connectivity index (χ3v) is 3.02. The molecule has 68 valence electrons. The monoisotopic (exact) mass is 168 g/mol. The number of hydrazine groups is 1. The van der Waals surface area contributed by atoms with Crippen LogP contribution in [0.4, 0.5) is 0 Å². The van der Waals surface area contributed by atoms with Crippen molar-refractivity contribution in [2.45, 2.75) is 31.7 Å². The molecule has 2 aliphatic heterocycles. The molecule has 3 heteroatoms. The average molecular weight is 168 g/mol. The molecular formula is C9H16N2O. The lowest BCUT2D eigenvalue weighted by atomic mass is 9.88. The van der Waals surface area contributed by atoms with E-state index in [1.807, 2.05) is 0 Å². The van der Waals surface area contributed by atoms with Crippen molar-refractivity contribution in [3.63, 3.8) is 0 Å². The van der Waals surface area contributed by atoms with Crippen molar-refractivity contribution >= 4 is 6.29 Å². The lowest BCUT2D eigenvalue weighted by molar-refractivity contribution is -0.116. The minimum Gasteiger partial charge on any atom is -0.302 e. The van der Waals surface area contributed by atoms with E-state index in [0.717, 1.165) is 19.4 Å². The molecule has 2 fully saturated rings. The predicted octanol–water partition coefficient (Wildman–Crippen LogP) is 0.564. The Morgan fingerprint density at radius 3 is 3.00 bits per heavy atom. The van der Waals surface area contributed by atoms with Crippen molar-refractivity contribution in [2.24, 2.45) is 5.92 Å². The lowest BCUT2D eigenvalue weighted by Gasteiger charge is -2.35. The number of hydrogen-bond acceptors (Lipinski definition) is 3. The number of hydrogen-bond donors (Lipinski definition) is 1. The second-order valence-corrected chi connectivity index (χ2v) is 3.77. The molecule has 3 unspecified atom stereocenters. The first-order valence-corrected chi connectivity index (χ1v) is 4.87. The zero-order valence-electron chi connectivity index (χ0n) is 7.33. The number of piperidine rings is 1. The smallest absolute Gasteiger partial charge is 0.138 e. The van der Waals surface area contributed by atoms with Gasteiger partial charge >= 0.3 is 0 Å². The average Bonchev–Trinajstić information content (AvgIpc) is 2.21. The summed E-state index contributed by atoms with van der Waals surface area (Å²) >= 11 is 0. The Kier molecular flexibility index (Phi) is 2.42. The Morgan fingerprint density at radius 1 is 1.33 bits per heavy atom. The normalized spacial score (nSPS) is 41.8. The van der Waals surface area contributed by atoms with Crippen LogP contribution in [0.15, 0.2) is 0 Å². The zero-order valence-corrected chi connectivity index (χ0v) is 7.33. The summed E-state index contributed by atoms with van der Waals surface area (Å²) in [6.45, 7) is 2.08. The minimum absolute atomic E-state index is 0.154. The molecule has 2 rings (SSSR count). The number of carbonyl (C=O) groups is 1. The molecule has 3 atom stereocenters. The topological polar surface area (TPSA) is 32.3 Å². The minimum atomic E-state index is 0.154. The number of nitrogens with one attached hydrogen (secondary N) is 1. The summed E-state index contributed by atoms with van der Waals surface area (Å²) in [6.07, 6.45) is 6.02. The van der Waals surface area contributed by atoms with Crippen LogP contribution in [0.2, 0.25) is 0 Å². The lowest BCUT2D eigenvalue weighted by Crippen LogP contribution is -2.51. The third kappa shape index (κ3) is 1.39. The summed E-state index contributed by atoms with van der Waals surface area (Å²) in [7, 11) is 0. The van der Waals surface area contributed by atoms with E-state index in [2.05, 4.69) is 10.4 Å². The van der Waals surface area contributed by atoms with E-state index < -0.39 is 0 Å². The van der Waals surface area contributed by atoms with Gasteiger partial charge in [-0.05, 0) is 31.6 Å². The summed E-state index contributed by atoms with van der Waals surface area (Å²) in [5, 5.41) is 2.13. The van der Waals surface area contributed by atoms with E-state index in [-0.39, 0.29) is 6.04 Å². The van der Waals surface area contributed by atoms with Crippen molar-refractivity contribution in [1.29, 1.82) is 0 Å². The van der Waals surface area contributed by atoms with E-state index in [1.54, 1.807) is 0 Å². The quantitative estimate of drug-likeness (QED) is 0.581. The van der Waals surface area contributed by atoms with Gasteiger partial charge in [-0.3, -0.25) is 5.43 Å². The molecule has 12 heavy (non-hydrogen) atoms. The Hall–Kier alpha value is -0.410. The summed E-state index contributed by atoms with van der Waals surface area (Å²) in [5.74, 6) is 0.617. The third-order valence-electron chi connectivity index (χ3n) is 3.02. The van der Waals surface area contributed by atoms with Gasteiger partial charge in [-0.1, -0.05) is 0 Å². The summed E-state index contributed by atoms with van der Waals surface area (Å²) in [5.41, 5.74) is 3.32. The zero-order chi connectivity index (χ0) is 8.39. The van der Waals surface area contributed by atoms with Crippen LogP contribution < -0.4 is 5.43 Å². The van der Waals surface area contributed by atoms with E-state index in [9.17, 15) is 4.79 Å².